The Kier molecular flexibility index (Phi) is 3.47. The van der Waals surface area contributed by atoms with Crippen LogP contribution in [-0.4, -0.2) is 36.4 Å². The van der Waals surface area contributed by atoms with Crippen LogP contribution in [0, 0.1) is 0 Å². The summed E-state index contributed by atoms with van der Waals surface area (Å²) in [6, 6.07) is 5.34. The Bertz CT molecular complexity index is 643. The van der Waals surface area contributed by atoms with Gasteiger partial charge in [-0.1, -0.05) is 0 Å². The summed E-state index contributed by atoms with van der Waals surface area (Å²) in [5.74, 6) is -2.03. The van der Waals surface area contributed by atoms with Crippen LogP contribution >= 0.6 is 0 Å². The second-order valence-corrected chi connectivity index (χ2v) is 4.00. The number of fused-ring (bicyclic) bond motifs is 1. The summed E-state index contributed by atoms with van der Waals surface area (Å²) < 4.78 is 9.21. The van der Waals surface area contributed by atoms with Crippen LogP contribution in [0.3, 0.4) is 0 Å². The van der Waals surface area contributed by atoms with Gasteiger partial charge in [0.05, 0.1) is 14.2 Å². The lowest BCUT2D eigenvalue weighted by atomic mass is 9.98. The summed E-state index contributed by atoms with van der Waals surface area (Å²) in [7, 11) is 2.37. The van der Waals surface area contributed by atoms with Gasteiger partial charge in [-0.05, 0) is 24.3 Å². The predicted octanol–water partition coefficient (Wildman–Crippen LogP) is 1.82. The maximum Gasteiger partial charge on any atom is 0.342 e. The summed E-state index contributed by atoms with van der Waals surface area (Å²) in [5.41, 5.74) is -0.148. The smallest absolute Gasteiger partial charge is 0.342 e. The molecule has 0 saturated carbocycles. The first-order valence-electron chi connectivity index (χ1n) is 5.65. The van der Waals surface area contributed by atoms with Gasteiger partial charge >= 0.3 is 11.9 Å². The molecule has 0 heterocycles. The van der Waals surface area contributed by atoms with E-state index in [-0.39, 0.29) is 33.4 Å². The summed E-state index contributed by atoms with van der Waals surface area (Å²) in [4.78, 5) is 23.4. The van der Waals surface area contributed by atoms with E-state index >= 15 is 0 Å². The Labute approximate surface area is 114 Å². The molecule has 0 bridgehead atoms. The van der Waals surface area contributed by atoms with Gasteiger partial charge < -0.3 is 19.7 Å². The van der Waals surface area contributed by atoms with E-state index in [0.717, 1.165) is 0 Å². The molecule has 0 aliphatic carbocycles. The van der Waals surface area contributed by atoms with Crippen LogP contribution in [-0.2, 0) is 9.47 Å². The summed E-state index contributed by atoms with van der Waals surface area (Å²) >= 11 is 0. The number of phenols is 2. The van der Waals surface area contributed by atoms with Crippen molar-refractivity contribution in [1.82, 2.24) is 0 Å². The highest BCUT2D eigenvalue weighted by atomic mass is 16.5. The van der Waals surface area contributed by atoms with Crippen LogP contribution in [0.1, 0.15) is 20.7 Å². The third kappa shape index (κ3) is 2.01. The minimum Gasteiger partial charge on any atom is -0.507 e. The van der Waals surface area contributed by atoms with E-state index < -0.39 is 11.9 Å². The fourth-order valence-electron chi connectivity index (χ4n) is 2.02. The van der Waals surface area contributed by atoms with Crippen LogP contribution in [0.15, 0.2) is 24.3 Å². The molecule has 0 aliphatic heterocycles. The normalized spacial score (nSPS) is 10.3. The maximum absolute atomic E-state index is 11.7. The highest BCUT2D eigenvalue weighted by Gasteiger charge is 2.22. The van der Waals surface area contributed by atoms with Crippen LogP contribution in [0.25, 0.3) is 10.8 Å². The van der Waals surface area contributed by atoms with E-state index in [1.165, 1.54) is 38.5 Å². The van der Waals surface area contributed by atoms with Crippen molar-refractivity contribution < 1.29 is 29.3 Å². The van der Waals surface area contributed by atoms with Gasteiger partial charge in [-0.2, -0.15) is 0 Å². The molecular weight excluding hydrogens is 264 g/mol. The van der Waals surface area contributed by atoms with E-state index in [1.807, 2.05) is 0 Å². The zero-order valence-electron chi connectivity index (χ0n) is 10.8. The molecule has 6 nitrogen and oxygen atoms in total. The topological polar surface area (TPSA) is 93.1 Å². The molecule has 0 spiro atoms. The molecule has 2 N–H and O–H groups in total. The average Bonchev–Trinajstić information content (AvgIpc) is 2.45. The van der Waals surface area contributed by atoms with Gasteiger partial charge in [0.2, 0.25) is 0 Å². The first-order chi connectivity index (χ1) is 9.51. The van der Waals surface area contributed by atoms with Gasteiger partial charge in [-0.15, -0.1) is 0 Å². The Morgan fingerprint density at radius 3 is 1.45 bits per heavy atom. The lowest BCUT2D eigenvalue weighted by Crippen LogP contribution is -2.06. The van der Waals surface area contributed by atoms with Gasteiger partial charge in [-0.3, -0.25) is 0 Å². The second kappa shape index (κ2) is 5.08. The van der Waals surface area contributed by atoms with Crippen molar-refractivity contribution in [3.05, 3.63) is 35.4 Å². The van der Waals surface area contributed by atoms with Crippen molar-refractivity contribution >= 4 is 22.7 Å². The minimum atomic E-state index is -0.741. The molecule has 0 saturated heterocycles. The third-order valence-corrected chi connectivity index (χ3v) is 2.94. The van der Waals surface area contributed by atoms with Crippen molar-refractivity contribution in [2.24, 2.45) is 0 Å². The van der Waals surface area contributed by atoms with Crippen molar-refractivity contribution in [1.29, 1.82) is 0 Å². The summed E-state index contributed by atoms with van der Waals surface area (Å²) in [5, 5.41) is 20.1. The lowest BCUT2D eigenvalue weighted by molar-refractivity contribution is 0.0588. The summed E-state index contributed by atoms with van der Waals surface area (Å²) in [6.45, 7) is 0. The van der Waals surface area contributed by atoms with E-state index in [2.05, 4.69) is 9.47 Å². The van der Waals surface area contributed by atoms with E-state index in [1.54, 1.807) is 0 Å². The van der Waals surface area contributed by atoms with Crippen LogP contribution < -0.4 is 0 Å². The first-order valence-corrected chi connectivity index (χ1v) is 5.65. The van der Waals surface area contributed by atoms with E-state index in [0.29, 0.717) is 0 Å². The van der Waals surface area contributed by atoms with Gasteiger partial charge in [0, 0.05) is 10.8 Å². The average molecular weight is 276 g/mol. The van der Waals surface area contributed by atoms with Crippen molar-refractivity contribution in [2.75, 3.05) is 14.2 Å². The molecular formula is C14H12O6. The van der Waals surface area contributed by atoms with Gasteiger partial charge in [0.25, 0.3) is 0 Å². The second-order valence-electron chi connectivity index (χ2n) is 4.00. The molecule has 2 aromatic rings. The molecule has 0 unspecified atom stereocenters. The first kappa shape index (κ1) is 13.7. The Balaban J connectivity index is 2.88. The van der Waals surface area contributed by atoms with Gasteiger partial charge in [-0.25, -0.2) is 9.59 Å². The standard InChI is InChI=1S/C14H12O6/c1-19-13(17)11-7-3-6-10(16)12(14(18)20-2)8(7)4-5-9(11)15/h3-6,15-16H,1-2H3. The fraction of sp³-hybridized carbons (Fsp3) is 0.143. The molecule has 0 fully saturated rings. The fourth-order valence-corrected chi connectivity index (χ4v) is 2.02. The number of aromatic hydroxyl groups is 2. The van der Waals surface area contributed by atoms with Crippen molar-refractivity contribution in [2.45, 2.75) is 0 Å². The number of benzene rings is 2. The monoisotopic (exact) mass is 276 g/mol. The Morgan fingerprint density at radius 2 is 1.15 bits per heavy atom. The van der Waals surface area contributed by atoms with Crippen molar-refractivity contribution in [3.63, 3.8) is 0 Å². The molecule has 20 heavy (non-hydrogen) atoms. The number of hydrogen-bond donors (Lipinski definition) is 2. The zero-order chi connectivity index (χ0) is 14.9. The number of rotatable bonds is 2. The number of esters is 2. The molecule has 6 heteroatoms. The molecule has 2 aromatic carbocycles. The molecule has 0 atom stereocenters. The van der Waals surface area contributed by atoms with Crippen LogP contribution in [0.2, 0.25) is 0 Å². The number of carbonyl (C=O) groups is 2. The Hall–Kier alpha value is -2.76. The molecule has 104 valence electrons. The third-order valence-electron chi connectivity index (χ3n) is 2.94. The van der Waals surface area contributed by atoms with Gasteiger partial charge in [0.1, 0.15) is 22.6 Å². The minimum absolute atomic E-state index is 0.0739. The van der Waals surface area contributed by atoms with E-state index in [9.17, 15) is 19.8 Å². The highest BCUT2D eigenvalue weighted by molar-refractivity contribution is 6.14. The quantitative estimate of drug-likeness (QED) is 0.813. The number of carbonyl (C=O) groups excluding carboxylic acids is 2. The molecule has 0 radical (unpaired) electrons. The number of hydrogen-bond acceptors (Lipinski definition) is 6. The maximum atomic E-state index is 11.7. The number of ether oxygens (including phenoxy) is 2. The number of methoxy groups -OCH3 is 2. The number of phenolic OH excluding ortho intramolecular Hbond substituents is 2. The molecule has 2 rings (SSSR count). The van der Waals surface area contributed by atoms with E-state index in [4.69, 9.17) is 0 Å². The molecule has 0 aromatic heterocycles. The van der Waals surface area contributed by atoms with Crippen LogP contribution in [0.4, 0.5) is 0 Å². The Morgan fingerprint density at radius 1 is 0.800 bits per heavy atom. The van der Waals surface area contributed by atoms with Crippen LogP contribution in [0.5, 0.6) is 11.5 Å². The lowest BCUT2D eigenvalue weighted by Gasteiger charge is -2.11. The molecule has 0 aliphatic rings. The predicted molar refractivity (Wildman–Crippen MR) is 70.0 cm³/mol. The SMILES string of the molecule is COC(=O)c1c(O)ccc2c(C(=O)OC)c(O)ccc12. The largest absolute Gasteiger partial charge is 0.507 e. The highest BCUT2D eigenvalue weighted by Crippen LogP contribution is 2.34. The summed E-state index contributed by atoms with van der Waals surface area (Å²) in [6.07, 6.45) is 0. The van der Waals surface area contributed by atoms with Gasteiger partial charge in [0.15, 0.2) is 0 Å². The molecule has 0 amide bonds. The van der Waals surface area contributed by atoms with Crippen molar-refractivity contribution in [3.8, 4) is 11.5 Å². The zero-order valence-corrected chi connectivity index (χ0v) is 10.8.